The minimum atomic E-state index is -0.807. The first-order chi connectivity index (χ1) is 7.70. The number of rotatable bonds is 4. The molecular formula is C11H13ClN2O2. The van der Waals surface area contributed by atoms with E-state index in [0.717, 1.165) is 13.0 Å². The van der Waals surface area contributed by atoms with E-state index in [1.165, 1.54) is 0 Å². The third kappa shape index (κ3) is 2.28. The summed E-state index contributed by atoms with van der Waals surface area (Å²) in [4.78, 5) is 0. The lowest BCUT2D eigenvalue weighted by Gasteiger charge is -2.03. The number of aliphatic hydroxyl groups is 1. The minimum Gasteiger partial charge on any atom is -0.447 e. The minimum absolute atomic E-state index is 0.273. The summed E-state index contributed by atoms with van der Waals surface area (Å²) in [5.74, 6) is 0.432. The van der Waals surface area contributed by atoms with Gasteiger partial charge in [-0.25, -0.2) is 0 Å². The Hall–Kier alpha value is -1.26. The average molecular weight is 241 g/mol. The highest BCUT2D eigenvalue weighted by atomic mass is 35.5. The fraction of sp³-hybridized carbons (Fsp3) is 0.364. The molecule has 0 spiro atoms. The van der Waals surface area contributed by atoms with Crippen molar-refractivity contribution in [2.45, 2.75) is 26.0 Å². The Bertz CT molecular complexity index is 464. The zero-order valence-corrected chi connectivity index (χ0v) is 9.68. The number of aromatic nitrogens is 2. The van der Waals surface area contributed by atoms with Gasteiger partial charge in [0.15, 0.2) is 5.22 Å². The second-order valence-corrected chi connectivity index (χ2v) is 3.95. The number of halogens is 1. The van der Waals surface area contributed by atoms with Gasteiger partial charge in [-0.3, -0.25) is 4.68 Å². The molecule has 0 aliphatic rings. The van der Waals surface area contributed by atoms with Gasteiger partial charge in [-0.15, -0.1) is 0 Å². The van der Waals surface area contributed by atoms with Gasteiger partial charge in [0.25, 0.3) is 0 Å². The van der Waals surface area contributed by atoms with E-state index in [-0.39, 0.29) is 5.22 Å². The summed E-state index contributed by atoms with van der Waals surface area (Å²) in [5.41, 5.74) is 0.708. The zero-order valence-electron chi connectivity index (χ0n) is 8.93. The number of hydrogen-bond donors (Lipinski definition) is 1. The Morgan fingerprint density at radius 3 is 3.00 bits per heavy atom. The average Bonchev–Trinajstić information content (AvgIpc) is 2.87. The van der Waals surface area contributed by atoms with Crippen molar-refractivity contribution in [2.75, 3.05) is 0 Å². The summed E-state index contributed by atoms with van der Waals surface area (Å²) in [6.07, 6.45) is 3.64. The summed E-state index contributed by atoms with van der Waals surface area (Å²) >= 11 is 5.65. The molecule has 0 saturated carbocycles. The molecule has 0 saturated heterocycles. The molecule has 2 rings (SSSR count). The quantitative estimate of drug-likeness (QED) is 0.894. The van der Waals surface area contributed by atoms with Crippen molar-refractivity contribution in [2.24, 2.45) is 0 Å². The highest BCUT2D eigenvalue weighted by molar-refractivity contribution is 6.28. The normalized spacial score (nSPS) is 12.9. The molecule has 0 aromatic carbocycles. The maximum absolute atomic E-state index is 9.98. The fourth-order valence-corrected chi connectivity index (χ4v) is 1.66. The van der Waals surface area contributed by atoms with Crippen LogP contribution >= 0.6 is 11.6 Å². The van der Waals surface area contributed by atoms with Crippen LogP contribution < -0.4 is 0 Å². The van der Waals surface area contributed by atoms with Gasteiger partial charge in [-0.2, -0.15) is 5.10 Å². The molecule has 5 heteroatoms. The number of nitrogens with zero attached hydrogens (tertiary/aromatic N) is 2. The summed E-state index contributed by atoms with van der Waals surface area (Å²) in [7, 11) is 0. The molecule has 2 aromatic heterocycles. The van der Waals surface area contributed by atoms with Crippen molar-refractivity contribution in [3.63, 3.8) is 0 Å². The first kappa shape index (κ1) is 11.2. The second-order valence-electron chi connectivity index (χ2n) is 3.58. The van der Waals surface area contributed by atoms with E-state index in [0.29, 0.717) is 11.3 Å². The molecule has 4 nitrogen and oxygen atoms in total. The molecule has 0 aliphatic heterocycles. The van der Waals surface area contributed by atoms with Gasteiger partial charge in [-0.1, -0.05) is 6.92 Å². The Labute approximate surface area is 98.4 Å². The lowest BCUT2D eigenvalue weighted by atomic mass is 10.1. The Kier molecular flexibility index (Phi) is 3.31. The Morgan fingerprint density at radius 1 is 1.56 bits per heavy atom. The molecule has 16 heavy (non-hydrogen) atoms. The smallest absolute Gasteiger partial charge is 0.193 e. The van der Waals surface area contributed by atoms with Gasteiger partial charge >= 0.3 is 0 Å². The van der Waals surface area contributed by atoms with Crippen LogP contribution in [0.4, 0.5) is 0 Å². The van der Waals surface area contributed by atoms with Crippen LogP contribution in [0.25, 0.3) is 0 Å². The summed E-state index contributed by atoms with van der Waals surface area (Å²) in [6, 6.07) is 3.26. The molecule has 2 aromatic rings. The molecule has 0 bridgehead atoms. The van der Waals surface area contributed by atoms with Crippen molar-refractivity contribution in [1.82, 2.24) is 9.78 Å². The Morgan fingerprint density at radius 2 is 2.38 bits per heavy atom. The topological polar surface area (TPSA) is 51.2 Å². The zero-order chi connectivity index (χ0) is 11.5. The lowest BCUT2D eigenvalue weighted by molar-refractivity contribution is 0.189. The summed E-state index contributed by atoms with van der Waals surface area (Å²) in [5, 5.41) is 14.4. The Balaban J connectivity index is 2.17. The number of hydrogen-bond acceptors (Lipinski definition) is 3. The van der Waals surface area contributed by atoms with Crippen LogP contribution in [0.5, 0.6) is 0 Å². The van der Waals surface area contributed by atoms with Gasteiger partial charge in [0.2, 0.25) is 0 Å². The van der Waals surface area contributed by atoms with Crippen LogP contribution in [0.3, 0.4) is 0 Å². The van der Waals surface area contributed by atoms with Gasteiger partial charge < -0.3 is 9.52 Å². The van der Waals surface area contributed by atoms with E-state index >= 15 is 0 Å². The first-order valence-electron chi connectivity index (χ1n) is 5.16. The van der Waals surface area contributed by atoms with Crippen molar-refractivity contribution < 1.29 is 9.52 Å². The summed E-state index contributed by atoms with van der Waals surface area (Å²) < 4.78 is 6.94. The van der Waals surface area contributed by atoms with E-state index in [9.17, 15) is 5.11 Å². The van der Waals surface area contributed by atoms with E-state index in [4.69, 9.17) is 16.0 Å². The van der Waals surface area contributed by atoms with Gasteiger partial charge in [0, 0.05) is 18.3 Å². The van der Waals surface area contributed by atoms with E-state index in [1.54, 1.807) is 23.0 Å². The van der Waals surface area contributed by atoms with Crippen molar-refractivity contribution >= 4 is 11.6 Å². The molecule has 1 unspecified atom stereocenters. The van der Waals surface area contributed by atoms with Crippen LogP contribution in [0.1, 0.15) is 30.8 Å². The van der Waals surface area contributed by atoms with Gasteiger partial charge in [0.1, 0.15) is 11.9 Å². The molecule has 0 amide bonds. The molecular weight excluding hydrogens is 228 g/mol. The van der Waals surface area contributed by atoms with E-state index in [1.807, 2.05) is 6.20 Å². The van der Waals surface area contributed by atoms with Crippen LogP contribution in [0, 0.1) is 0 Å². The number of aliphatic hydroxyl groups excluding tert-OH is 1. The first-order valence-corrected chi connectivity index (χ1v) is 5.54. The van der Waals surface area contributed by atoms with Crippen LogP contribution in [0.2, 0.25) is 5.22 Å². The molecule has 1 N–H and O–H groups in total. The molecule has 86 valence electrons. The van der Waals surface area contributed by atoms with Crippen molar-refractivity contribution in [3.05, 3.63) is 41.1 Å². The fourth-order valence-electron chi connectivity index (χ4n) is 1.51. The maximum Gasteiger partial charge on any atom is 0.193 e. The lowest BCUT2D eigenvalue weighted by Crippen LogP contribution is -1.98. The SMILES string of the molecule is CCCn1cc(C(O)c2ccc(Cl)o2)cn1. The van der Waals surface area contributed by atoms with Crippen molar-refractivity contribution in [3.8, 4) is 0 Å². The third-order valence-corrected chi connectivity index (χ3v) is 2.49. The molecule has 1 atom stereocenters. The highest BCUT2D eigenvalue weighted by Gasteiger charge is 2.16. The van der Waals surface area contributed by atoms with Crippen molar-refractivity contribution in [1.29, 1.82) is 0 Å². The molecule has 0 radical (unpaired) electrons. The molecule has 0 aliphatic carbocycles. The number of furan rings is 1. The van der Waals surface area contributed by atoms with Crippen LogP contribution in [0.15, 0.2) is 28.9 Å². The van der Waals surface area contributed by atoms with Gasteiger partial charge in [-0.05, 0) is 30.2 Å². The third-order valence-electron chi connectivity index (χ3n) is 2.29. The summed E-state index contributed by atoms with van der Waals surface area (Å²) in [6.45, 7) is 2.91. The highest BCUT2D eigenvalue weighted by Crippen LogP contribution is 2.25. The van der Waals surface area contributed by atoms with Gasteiger partial charge in [0.05, 0.1) is 6.20 Å². The van der Waals surface area contributed by atoms with E-state index < -0.39 is 6.10 Å². The largest absolute Gasteiger partial charge is 0.447 e. The van der Waals surface area contributed by atoms with E-state index in [2.05, 4.69) is 12.0 Å². The number of aryl methyl sites for hydroxylation is 1. The predicted molar refractivity (Wildman–Crippen MR) is 60.3 cm³/mol. The van der Waals surface area contributed by atoms with Crippen LogP contribution in [-0.2, 0) is 6.54 Å². The van der Waals surface area contributed by atoms with Crippen LogP contribution in [-0.4, -0.2) is 14.9 Å². The predicted octanol–water partition coefficient (Wildman–Crippen LogP) is 2.62. The molecule has 2 heterocycles. The monoisotopic (exact) mass is 240 g/mol. The second kappa shape index (κ2) is 4.72. The standard InChI is InChI=1S/C11H13ClN2O2/c1-2-5-14-7-8(6-13-14)11(15)9-3-4-10(12)16-9/h3-4,6-7,11,15H,2,5H2,1H3. The molecule has 0 fully saturated rings. The maximum atomic E-state index is 9.98.